The molecule has 38 heavy (non-hydrogen) atoms. The molecule has 2 aliphatic rings. The molecule has 1 saturated heterocycles. The Balaban J connectivity index is 1.28. The summed E-state index contributed by atoms with van der Waals surface area (Å²) in [6.45, 7) is 5.85. The molecule has 206 valence electrons. The van der Waals surface area contributed by atoms with Gasteiger partial charge in [-0.05, 0) is 86.9 Å². The van der Waals surface area contributed by atoms with Gasteiger partial charge in [0.25, 0.3) is 5.91 Å². The highest BCUT2D eigenvalue weighted by atomic mass is 16.5. The second-order valence-electron chi connectivity index (χ2n) is 11.1. The van der Waals surface area contributed by atoms with Gasteiger partial charge in [0.1, 0.15) is 23.6 Å². The molecule has 7 heteroatoms. The first-order chi connectivity index (χ1) is 18.3. The molecular formula is C31H42N2O5. The van der Waals surface area contributed by atoms with Crippen molar-refractivity contribution in [1.82, 2.24) is 10.2 Å². The molecule has 1 saturated carbocycles. The predicted octanol–water partition coefficient (Wildman–Crippen LogP) is 5.15. The lowest BCUT2D eigenvalue weighted by Crippen LogP contribution is -2.43. The van der Waals surface area contributed by atoms with Crippen molar-refractivity contribution in [3.05, 3.63) is 59.2 Å². The number of carbonyl (C=O) groups excluding carboxylic acids is 2. The van der Waals surface area contributed by atoms with Gasteiger partial charge in [0.15, 0.2) is 0 Å². The first kappa shape index (κ1) is 28.0. The van der Waals surface area contributed by atoms with Gasteiger partial charge in [0.05, 0.1) is 5.56 Å². The van der Waals surface area contributed by atoms with Crippen LogP contribution in [0.3, 0.4) is 0 Å². The minimum atomic E-state index is -0.368. The fraction of sp³-hybridized carbons (Fsp3) is 0.548. The van der Waals surface area contributed by atoms with Gasteiger partial charge in [-0.1, -0.05) is 44.2 Å². The Morgan fingerprint density at radius 3 is 2.34 bits per heavy atom. The SMILES string of the molecule is CC(C)c1cc(C(=O)N2CCC(CCN[C@@H](Cc3ccccc3)C(=O)OC3CCCC3)CC2)c(O)cc1O. The summed E-state index contributed by atoms with van der Waals surface area (Å²) in [7, 11) is 0. The summed E-state index contributed by atoms with van der Waals surface area (Å²) in [5.74, 6) is -0.0275. The quantitative estimate of drug-likeness (QED) is 0.373. The molecule has 2 aromatic rings. The topological polar surface area (TPSA) is 99.1 Å². The van der Waals surface area contributed by atoms with Crippen LogP contribution < -0.4 is 5.32 Å². The monoisotopic (exact) mass is 522 g/mol. The van der Waals surface area contributed by atoms with E-state index in [1.165, 1.54) is 6.07 Å². The van der Waals surface area contributed by atoms with E-state index >= 15 is 0 Å². The number of ether oxygens (including phenoxy) is 1. The average molecular weight is 523 g/mol. The zero-order valence-electron chi connectivity index (χ0n) is 22.7. The molecule has 1 heterocycles. The minimum absolute atomic E-state index is 0.0120. The van der Waals surface area contributed by atoms with Crippen LogP contribution in [-0.2, 0) is 16.0 Å². The van der Waals surface area contributed by atoms with E-state index in [0.717, 1.165) is 50.5 Å². The molecule has 1 aliphatic carbocycles. The van der Waals surface area contributed by atoms with Crippen molar-refractivity contribution in [1.29, 1.82) is 0 Å². The Hall–Kier alpha value is -3.06. The molecule has 3 N–H and O–H groups in total. The molecule has 1 amide bonds. The van der Waals surface area contributed by atoms with Gasteiger partial charge in [-0.15, -0.1) is 0 Å². The normalized spacial score (nSPS) is 17.6. The summed E-state index contributed by atoms with van der Waals surface area (Å²) in [5.41, 5.74) is 2.01. The number of piperidine rings is 1. The zero-order chi connectivity index (χ0) is 27.1. The van der Waals surface area contributed by atoms with Crippen LogP contribution in [0.25, 0.3) is 0 Å². The second-order valence-corrected chi connectivity index (χ2v) is 11.1. The molecule has 7 nitrogen and oxygen atoms in total. The van der Waals surface area contributed by atoms with Crippen LogP contribution in [0.15, 0.2) is 42.5 Å². The molecule has 1 aliphatic heterocycles. The lowest BCUT2D eigenvalue weighted by atomic mass is 9.92. The van der Waals surface area contributed by atoms with E-state index in [9.17, 15) is 19.8 Å². The first-order valence-electron chi connectivity index (χ1n) is 14.1. The van der Waals surface area contributed by atoms with Crippen LogP contribution in [0.4, 0.5) is 0 Å². The van der Waals surface area contributed by atoms with E-state index in [2.05, 4.69) is 5.32 Å². The van der Waals surface area contributed by atoms with Crippen LogP contribution in [0, 0.1) is 5.92 Å². The molecule has 4 rings (SSSR count). The Bertz CT molecular complexity index is 1070. The van der Waals surface area contributed by atoms with Gasteiger partial charge in [0, 0.05) is 19.2 Å². The van der Waals surface area contributed by atoms with Gasteiger partial charge in [0.2, 0.25) is 0 Å². The number of nitrogens with one attached hydrogen (secondary N) is 1. The molecule has 0 spiro atoms. The minimum Gasteiger partial charge on any atom is -0.508 e. The summed E-state index contributed by atoms with van der Waals surface area (Å²) in [6, 6.07) is 12.6. The van der Waals surface area contributed by atoms with Crippen LogP contribution in [0.1, 0.15) is 86.2 Å². The average Bonchev–Trinajstić information content (AvgIpc) is 3.41. The van der Waals surface area contributed by atoms with Gasteiger partial charge >= 0.3 is 5.97 Å². The maximum absolute atomic E-state index is 13.1. The standard InChI is InChI=1S/C31H42N2O5/c1-21(2)25-19-26(29(35)20-28(25)34)30(36)33-16-13-22(14-17-33)12-15-32-27(18-23-8-4-3-5-9-23)31(37)38-24-10-6-7-11-24/h3-5,8-9,19-22,24,27,32,34-35H,6-7,10-18H2,1-2H3/t27-/m0/s1. The summed E-state index contributed by atoms with van der Waals surface area (Å²) in [4.78, 5) is 27.9. The number of hydrogen-bond acceptors (Lipinski definition) is 6. The van der Waals surface area contributed by atoms with Crippen molar-refractivity contribution in [3.63, 3.8) is 0 Å². The Labute approximate surface area is 226 Å². The van der Waals surface area contributed by atoms with Crippen molar-refractivity contribution in [2.75, 3.05) is 19.6 Å². The fourth-order valence-electron chi connectivity index (χ4n) is 5.63. The summed E-state index contributed by atoms with van der Waals surface area (Å²) in [5, 5.41) is 23.9. The summed E-state index contributed by atoms with van der Waals surface area (Å²) in [6.07, 6.45) is 7.50. The van der Waals surface area contributed by atoms with Gasteiger partial charge in [-0.25, -0.2) is 0 Å². The first-order valence-corrected chi connectivity index (χ1v) is 14.1. The van der Waals surface area contributed by atoms with Crippen LogP contribution in [0.2, 0.25) is 0 Å². The smallest absolute Gasteiger partial charge is 0.323 e. The van der Waals surface area contributed by atoms with Crippen molar-refractivity contribution in [2.45, 2.75) is 83.3 Å². The van der Waals surface area contributed by atoms with Crippen LogP contribution >= 0.6 is 0 Å². The maximum Gasteiger partial charge on any atom is 0.323 e. The van der Waals surface area contributed by atoms with Gasteiger partial charge in [-0.3, -0.25) is 9.59 Å². The third kappa shape index (κ3) is 7.28. The highest BCUT2D eigenvalue weighted by Gasteiger charge is 2.28. The molecule has 0 bridgehead atoms. The molecule has 0 aromatic heterocycles. The molecule has 0 unspecified atom stereocenters. The Morgan fingerprint density at radius 1 is 1.00 bits per heavy atom. The van der Waals surface area contributed by atoms with Crippen molar-refractivity contribution in [3.8, 4) is 11.5 Å². The molecule has 2 fully saturated rings. The molecular weight excluding hydrogens is 480 g/mol. The maximum atomic E-state index is 13.1. The van der Waals surface area contributed by atoms with E-state index in [4.69, 9.17) is 4.74 Å². The van der Waals surface area contributed by atoms with E-state index in [-0.39, 0.29) is 47.0 Å². The number of phenols is 2. The lowest BCUT2D eigenvalue weighted by Gasteiger charge is -2.32. The second kappa shape index (κ2) is 13.1. The number of rotatable bonds is 10. The van der Waals surface area contributed by atoms with E-state index in [1.807, 2.05) is 44.2 Å². The fourth-order valence-corrected chi connectivity index (χ4v) is 5.63. The van der Waals surface area contributed by atoms with Gasteiger partial charge < -0.3 is 25.2 Å². The van der Waals surface area contributed by atoms with Crippen molar-refractivity contribution < 1.29 is 24.5 Å². The molecule has 0 radical (unpaired) electrons. The van der Waals surface area contributed by atoms with Crippen LogP contribution in [-0.4, -0.2) is 58.8 Å². The Kier molecular flexibility index (Phi) is 9.67. The lowest BCUT2D eigenvalue weighted by molar-refractivity contribution is -0.151. The third-order valence-electron chi connectivity index (χ3n) is 7.99. The number of aromatic hydroxyl groups is 2. The zero-order valence-corrected chi connectivity index (χ0v) is 22.7. The highest BCUT2D eigenvalue weighted by molar-refractivity contribution is 5.97. The number of phenolic OH excluding ortho intramolecular Hbond substituents is 2. The van der Waals surface area contributed by atoms with E-state index in [0.29, 0.717) is 37.5 Å². The highest BCUT2D eigenvalue weighted by Crippen LogP contribution is 2.33. The van der Waals surface area contributed by atoms with Gasteiger partial charge in [-0.2, -0.15) is 0 Å². The predicted molar refractivity (Wildman–Crippen MR) is 147 cm³/mol. The van der Waals surface area contributed by atoms with E-state index < -0.39 is 0 Å². The number of amides is 1. The summed E-state index contributed by atoms with van der Waals surface area (Å²) >= 11 is 0. The van der Waals surface area contributed by atoms with Crippen molar-refractivity contribution in [2.24, 2.45) is 5.92 Å². The number of benzene rings is 2. The third-order valence-corrected chi connectivity index (χ3v) is 7.99. The Morgan fingerprint density at radius 2 is 1.68 bits per heavy atom. The van der Waals surface area contributed by atoms with E-state index in [1.54, 1.807) is 11.0 Å². The number of esters is 1. The molecule has 2 aromatic carbocycles. The number of hydrogen-bond donors (Lipinski definition) is 3. The number of likely N-dealkylation sites (tertiary alicyclic amines) is 1. The molecule has 1 atom stereocenters. The van der Waals surface area contributed by atoms with Crippen molar-refractivity contribution >= 4 is 11.9 Å². The largest absolute Gasteiger partial charge is 0.508 e. The number of carbonyl (C=O) groups is 2. The number of nitrogens with zero attached hydrogens (tertiary/aromatic N) is 1. The van der Waals surface area contributed by atoms with Crippen LogP contribution in [0.5, 0.6) is 11.5 Å². The summed E-state index contributed by atoms with van der Waals surface area (Å²) < 4.78 is 5.83.